The molecule has 2 rings (SSSR count). The number of aliphatic hydroxyl groups excluding tert-OH is 3. The number of terminal acetylenes is 2. The second kappa shape index (κ2) is 16.6. The van der Waals surface area contributed by atoms with Crippen LogP contribution < -0.4 is 0 Å². The van der Waals surface area contributed by atoms with Crippen LogP contribution in [0.1, 0.15) is 56.9 Å². The largest absolute Gasteiger partial charge is 0.393 e. The van der Waals surface area contributed by atoms with E-state index in [1.54, 1.807) is 6.08 Å². The second-order valence-corrected chi connectivity index (χ2v) is 9.49. The summed E-state index contributed by atoms with van der Waals surface area (Å²) in [5.41, 5.74) is 1.16. The smallest absolute Gasteiger partial charge is 0.318 e. The molecule has 0 aliphatic heterocycles. The Kier molecular flexibility index (Phi) is 13.5. The number of esters is 2. The molecule has 0 aromatic heterocycles. The maximum atomic E-state index is 12.0. The van der Waals surface area contributed by atoms with E-state index in [1.807, 2.05) is 48.6 Å². The normalized spacial score (nSPS) is 22.2. The lowest BCUT2D eigenvalue weighted by molar-refractivity contribution is -0.162. The first-order valence-electron chi connectivity index (χ1n) is 12.9. The van der Waals surface area contributed by atoms with Gasteiger partial charge in [0.2, 0.25) is 0 Å². The fraction of sp³-hybridized carbons (Fsp3) is 0.484. The Morgan fingerprint density at radius 1 is 1.08 bits per heavy atom. The Hall–Kier alpha value is -3.16. The monoisotopic (exact) mass is 506 g/mol. The van der Waals surface area contributed by atoms with E-state index in [4.69, 9.17) is 17.6 Å². The van der Waals surface area contributed by atoms with E-state index in [0.717, 1.165) is 12.0 Å². The third-order valence-corrected chi connectivity index (χ3v) is 6.65. The molecule has 6 nitrogen and oxygen atoms in total. The number of aliphatic hydroxyl groups is 3. The number of carbonyl (C=O) groups is 2. The molecular weight excluding hydrogens is 468 g/mol. The predicted molar refractivity (Wildman–Crippen MR) is 143 cm³/mol. The van der Waals surface area contributed by atoms with Crippen molar-refractivity contribution in [3.8, 4) is 24.7 Å². The van der Waals surface area contributed by atoms with Crippen LogP contribution in [0, 0.1) is 42.4 Å². The van der Waals surface area contributed by atoms with Gasteiger partial charge in [0.1, 0.15) is 0 Å². The van der Waals surface area contributed by atoms with Crippen LogP contribution in [-0.2, 0) is 20.7 Å². The molecule has 0 amide bonds. The van der Waals surface area contributed by atoms with Gasteiger partial charge in [-0.3, -0.25) is 9.59 Å². The van der Waals surface area contributed by atoms with Crippen molar-refractivity contribution in [1.29, 1.82) is 0 Å². The minimum atomic E-state index is -0.686. The van der Waals surface area contributed by atoms with Gasteiger partial charge < -0.3 is 20.1 Å². The zero-order chi connectivity index (χ0) is 27.0. The van der Waals surface area contributed by atoms with Crippen molar-refractivity contribution in [3.63, 3.8) is 0 Å². The van der Waals surface area contributed by atoms with Crippen molar-refractivity contribution >= 4 is 11.9 Å². The van der Waals surface area contributed by atoms with E-state index in [-0.39, 0.29) is 31.1 Å². The molecule has 0 bridgehead atoms. The minimum Gasteiger partial charge on any atom is -0.393 e. The zero-order valence-corrected chi connectivity index (χ0v) is 21.2. The highest BCUT2D eigenvalue weighted by Gasteiger charge is 2.39. The highest BCUT2D eigenvalue weighted by atomic mass is 16.6. The van der Waals surface area contributed by atoms with E-state index < -0.39 is 36.2 Å². The number of hydrogen-bond donors (Lipinski definition) is 3. The molecule has 37 heavy (non-hydrogen) atoms. The van der Waals surface area contributed by atoms with Crippen LogP contribution in [0.3, 0.4) is 0 Å². The quantitative estimate of drug-likeness (QED) is 0.117. The molecular formula is C31H38O6. The molecule has 0 radical (unpaired) electrons. The molecule has 198 valence electrons. The number of hydrogen-bond acceptors (Lipinski definition) is 6. The molecule has 1 aromatic carbocycles. The second-order valence-electron chi connectivity index (χ2n) is 9.49. The van der Waals surface area contributed by atoms with Crippen molar-refractivity contribution in [3.05, 3.63) is 60.2 Å². The van der Waals surface area contributed by atoms with Crippen molar-refractivity contribution in [1.82, 2.24) is 0 Å². The Labute approximate surface area is 220 Å². The van der Waals surface area contributed by atoms with Crippen LogP contribution >= 0.6 is 0 Å². The maximum Gasteiger partial charge on any atom is 0.318 e. The molecule has 1 aliphatic rings. The van der Waals surface area contributed by atoms with Crippen LogP contribution in [-0.4, -0.2) is 45.6 Å². The summed E-state index contributed by atoms with van der Waals surface area (Å²) in [4.78, 5) is 23.9. The van der Waals surface area contributed by atoms with Crippen LogP contribution in [0.15, 0.2) is 54.6 Å². The third-order valence-electron chi connectivity index (χ3n) is 6.65. The summed E-state index contributed by atoms with van der Waals surface area (Å²) in [5.74, 6) is 2.36. The van der Waals surface area contributed by atoms with E-state index in [2.05, 4.69) is 11.8 Å². The molecule has 6 heteroatoms. The highest BCUT2D eigenvalue weighted by molar-refractivity contribution is 5.87. The number of rotatable bonds is 14. The van der Waals surface area contributed by atoms with Gasteiger partial charge in [-0.1, -0.05) is 54.6 Å². The van der Waals surface area contributed by atoms with Crippen molar-refractivity contribution in [2.45, 2.75) is 76.1 Å². The molecule has 1 fully saturated rings. The number of ether oxygens (including phenoxy) is 1. The number of unbranched alkanes of at least 4 members (excludes halogenated alkanes) is 1. The fourth-order valence-corrected chi connectivity index (χ4v) is 4.52. The van der Waals surface area contributed by atoms with Gasteiger partial charge in [0.25, 0.3) is 0 Å². The Morgan fingerprint density at radius 3 is 2.46 bits per heavy atom. The van der Waals surface area contributed by atoms with Crippen LogP contribution in [0.5, 0.6) is 0 Å². The topological polar surface area (TPSA) is 104 Å². The van der Waals surface area contributed by atoms with Gasteiger partial charge in [-0.05, 0) is 43.6 Å². The summed E-state index contributed by atoms with van der Waals surface area (Å²) in [6, 6.07) is 9.94. The molecule has 1 aliphatic carbocycles. The fourth-order valence-electron chi connectivity index (χ4n) is 4.52. The summed E-state index contributed by atoms with van der Waals surface area (Å²) in [6.07, 6.45) is 19.6. The third kappa shape index (κ3) is 10.8. The summed E-state index contributed by atoms with van der Waals surface area (Å²) < 4.78 is 4.85. The molecule has 1 aromatic rings. The summed E-state index contributed by atoms with van der Waals surface area (Å²) in [6.45, 7) is 0. The first kappa shape index (κ1) is 30.1. The van der Waals surface area contributed by atoms with Gasteiger partial charge in [0, 0.05) is 31.6 Å². The van der Waals surface area contributed by atoms with Gasteiger partial charge in [-0.25, -0.2) is 0 Å². The van der Waals surface area contributed by atoms with Crippen molar-refractivity contribution < 1.29 is 29.6 Å². The number of benzene rings is 1. The Bertz CT molecular complexity index is 967. The van der Waals surface area contributed by atoms with Gasteiger partial charge >= 0.3 is 11.9 Å². The lowest BCUT2D eigenvalue weighted by Crippen LogP contribution is -2.21. The predicted octanol–water partition coefficient (Wildman–Crippen LogP) is 3.74. The Balaban J connectivity index is 1.74. The van der Waals surface area contributed by atoms with Crippen LogP contribution in [0.4, 0.5) is 0 Å². The van der Waals surface area contributed by atoms with Crippen LogP contribution in [0.2, 0.25) is 0 Å². The Morgan fingerprint density at radius 2 is 1.78 bits per heavy atom. The molecule has 0 unspecified atom stereocenters. The summed E-state index contributed by atoms with van der Waals surface area (Å²) in [5, 5.41) is 31.2. The first-order valence-corrected chi connectivity index (χ1v) is 12.9. The number of aryl methyl sites for hydroxylation is 1. The average Bonchev–Trinajstić information content (AvgIpc) is 3.15. The minimum absolute atomic E-state index is 0.0892. The molecule has 5 atom stereocenters. The average molecular weight is 507 g/mol. The van der Waals surface area contributed by atoms with Crippen molar-refractivity contribution in [2.24, 2.45) is 17.8 Å². The van der Waals surface area contributed by atoms with Gasteiger partial charge in [0.15, 0.2) is 0 Å². The first-order chi connectivity index (χ1) is 17.8. The molecule has 0 saturated heterocycles. The number of carbonyl (C=O) groups excluding carboxylic acids is 2. The van der Waals surface area contributed by atoms with Gasteiger partial charge in [-0.2, -0.15) is 0 Å². The lowest BCUT2D eigenvalue weighted by Gasteiger charge is -2.19. The van der Waals surface area contributed by atoms with Gasteiger partial charge in [-0.15, -0.1) is 24.7 Å². The molecule has 0 spiro atoms. The van der Waals surface area contributed by atoms with E-state index in [9.17, 15) is 24.9 Å². The zero-order valence-electron chi connectivity index (χ0n) is 21.2. The van der Waals surface area contributed by atoms with Gasteiger partial charge in [0.05, 0.1) is 24.2 Å². The SMILES string of the molecule is C#CCC(CC#C)C(=O)OC(=O)CCC/C=C\C[C@@H]1[C@@H](/C=C/[C@@H](O)CCc2ccccc2)[C@H](O)C[C@@H]1O. The molecule has 3 N–H and O–H groups in total. The lowest BCUT2D eigenvalue weighted by atomic mass is 9.89. The van der Waals surface area contributed by atoms with Crippen molar-refractivity contribution in [2.75, 3.05) is 0 Å². The van der Waals surface area contributed by atoms with Crippen LogP contribution in [0.25, 0.3) is 0 Å². The molecule has 1 saturated carbocycles. The standard InChI is InChI=1S/C31H38O6/c1-3-12-24(13-4-2)31(36)37-30(35)17-11-6-5-10-16-26-27(29(34)22-28(26)33)21-20-25(32)19-18-23-14-8-7-9-15-23/h1-2,5,7-10,14-15,20-21,24-29,32-34H,6,11-13,16-19,22H2/b10-5-,21-20+/t25-,26+,27+,28-,29+/m0/s1. The van der Waals surface area contributed by atoms with E-state index >= 15 is 0 Å². The van der Waals surface area contributed by atoms with E-state index in [0.29, 0.717) is 32.1 Å². The molecule has 0 heterocycles. The maximum absolute atomic E-state index is 12.0. The van der Waals surface area contributed by atoms with E-state index in [1.165, 1.54) is 0 Å². The highest BCUT2D eigenvalue weighted by Crippen LogP contribution is 2.36. The summed E-state index contributed by atoms with van der Waals surface area (Å²) in [7, 11) is 0. The summed E-state index contributed by atoms with van der Waals surface area (Å²) >= 11 is 0. The number of allylic oxidation sites excluding steroid dienone is 2.